The van der Waals surface area contributed by atoms with Crippen molar-refractivity contribution in [1.82, 2.24) is 24.8 Å². The Labute approximate surface area is 200 Å². The van der Waals surface area contributed by atoms with E-state index in [0.29, 0.717) is 29.3 Å². The molecule has 0 saturated carbocycles. The smallest absolute Gasteiger partial charge is 0.258 e. The molecule has 178 valence electrons. The summed E-state index contributed by atoms with van der Waals surface area (Å²) in [6.07, 6.45) is 0.214. The van der Waals surface area contributed by atoms with Gasteiger partial charge in [0.15, 0.2) is 11.8 Å². The number of aromatic nitrogens is 3. The number of nitrogens with zero attached hydrogens (tertiary/aromatic N) is 4. The van der Waals surface area contributed by atoms with Crippen LogP contribution in [-0.4, -0.2) is 49.8 Å². The molecule has 4 atom stereocenters. The minimum atomic E-state index is -1.21. The predicted octanol–water partition coefficient (Wildman–Crippen LogP) is 3.90. The summed E-state index contributed by atoms with van der Waals surface area (Å²) in [4.78, 5) is 19.7. The van der Waals surface area contributed by atoms with Crippen LogP contribution in [0.3, 0.4) is 0 Å². The van der Waals surface area contributed by atoms with Gasteiger partial charge < -0.3 is 15.0 Å². The van der Waals surface area contributed by atoms with E-state index in [2.05, 4.69) is 15.4 Å². The van der Waals surface area contributed by atoms with Gasteiger partial charge in [-0.25, -0.2) is 18.3 Å². The van der Waals surface area contributed by atoms with Gasteiger partial charge in [0, 0.05) is 30.1 Å². The van der Waals surface area contributed by atoms with Crippen LogP contribution in [0.1, 0.15) is 52.3 Å². The van der Waals surface area contributed by atoms with Crippen molar-refractivity contribution in [3.63, 3.8) is 0 Å². The van der Waals surface area contributed by atoms with Crippen molar-refractivity contribution in [2.45, 2.75) is 70.6 Å². The van der Waals surface area contributed by atoms with Crippen LogP contribution in [0.5, 0.6) is 5.75 Å². The van der Waals surface area contributed by atoms with Crippen LogP contribution in [-0.2, 0) is 13.1 Å². The lowest BCUT2D eigenvalue weighted by molar-refractivity contribution is 0.0439. The molecule has 3 aliphatic heterocycles. The van der Waals surface area contributed by atoms with E-state index in [1.807, 2.05) is 13.8 Å². The van der Waals surface area contributed by atoms with Crippen molar-refractivity contribution >= 4 is 23.2 Å². The predicted molar refractivity (Wildman–Crippen MR) is 121 cm³/mol. The molecule has 0 aliphatic carbocycles. The van der Waals surface area contributed by atoms with Crippen molar-refractivity contribution in [2.75, 3.05) is 0 Å². The first-order valence-corrected chi connectivity index (χ1v) is 11.9. The maximum absolute atomic E-state index is 14.9. The Morgan fingerprint density at radius 1 is 1.26 bits per heavy atom. The second kappa shape index (κ2) is 7.88. The third-order valence-electron chi connectivity index (χ3n) is 7.23. The lowest BCUT2D eigenvalue weighted by Crippen LogP contribution is -2.51. The number of ether oxygens (including phenoxy) is 1. The molecule has 2 bridgehead atoms. The zero-order valence-electron chi connectivity index (χ0n) is 18.8. The molecule has 6 rings (SSSR count). The molecule has 1 amide bonds. The average molecular weight is 488 g/mol. The summed E-state index contributed by atoms with van der Waals surface area (Å²) in [6.45, 7) is 4.31. The monoisotopic (exact) mass is 487 g/mol. The van der Waals surface area contributed by atoms with Gasteiger partial charge in [0.25, 0.3) is 5.91 Å². The number of rotatable bonds is 3. The molecule has 2 fully saturated rings. The second-order valence-electron chi connectivity index (χ2n) is 9.44. The van der Waals surface area contributed by atoms with Crippen molar-refractivity contribution in [3.8, 4) is 5.75 Å². The standard InChI is InChI=1S/C24H24ClF2N5O2/c1-11-21(25)12(2)32-23(28-11)16-9-31(10-18(16)30-32)24(33)15-5-3-13(26)7-19(15)34-20-8-14-4-6-17(29-14)22(20)27/h3,5,7,14,17,20,22,29H,4,6,8-10H2,1-2H3/t14?,17?,20-,22+/m0/s1. The molecule has 2 saturated heterocycles. The number of benzene rings is 1. The van der Waals surface area contributed by atoms with Crippen molar-refractivity contribution in [2.24, 2.45) is 0 Å². The molecule has 1 aromatic carbocycles. The molecular weight excluding hydrogens is 464 g/mol. The Bertz CT molecular complexity index is 1330. The summed E-state index contributed by atoms with van der Waals surface area (Å²) in [5, 5.41) is 8.43. The Hall–Kier alpha value is -2.78. The number of aryl methyl sites for hydroxylation is 2. The molecule has 7 nitrogen and oxygen atoms in total. The highest BCUT2D eigenvalue weighted by Gasteiger charge is 2.43. The molecule has 2 unspecified atom stereocenters. The molecule has 5 heterocycles. The van der Waals surface area contributed by atoms with Crippen LogP contribution in [0, 0.1) is 19.7 Å². The second-order valence-corrected chi connectivity index (χ2v) is 9.82. The molecule has 2 aromatic heterocycles. The van der Waals surface area contributed by atoms with Crippen LogP contribution in [0.2, 0.25) is 5.02 Å². The number of hydrogen-bond acceptors (Lipinski definition) is 5. The number of halogens is 3. The number of amides is 1. The highest BCUT2D eigenvalue weighted by Crippen LogP contribution is 2.35. The van der Waals surface area contributed by atoms with E-state index in [-0.39, 0.29) is 35.8 Å². The number of piperidine rings is 1. The van der Waals surface area contributed by atoms with Gasteiger partial charge in [-0.3, -0.25) is 4.79 Å². The highest BCUT2D eigenvalue weighted by atomic mass is 35.5. The molecule has 3 aliphatic rings. The molecule has 10 heteroatoms. The first-order valence-electron chi connectivity index (χ1n) is 11.5. The maximum Gasteiger partial charge on any atom is 0.258 e. The topological polar surface area (TPSA) is 71.8 Å². The first kappa shape index (κ1) is 21.7. The third-order valence-corrected chi connectivity index (χ3v) is 7.77. The zero-order valence-corrected chi connectivity index (χ0v) is 19.6. The number of hydrogen-bond donors (Lipinski definition) is 1. The summed E-state index contributed by atoms with van der Waals surface area (Å²) in [5.41, 5.74) is 3.98. The minimum Gasteiger partial charge on any atom is -0.486 e. The SMILES string of the molecule is Cc1nc2c3c(nn2c(C)c1Cl)CN(C(=O)c1ccc(F)cc1O[C@H]1CC2CCC(N2)[C@H]1F)C3. The fourth-order valence-corrected chi connectivity index (χ4v) is 5.55. The van der Waals surface area contributed by atoms with Crippen LogP contribution in [0.15, 0.2) is 18.2 Å². The van der Waals surface area contributed by atoms with E-state index < -0.39 is 18.1 Å². The van der Waals surface area contributed by atoms with E-state index in [9.17, 15) is 13.6 Å². The van der Waals surface area contributed by atoms with Crippen LogP contribution in [0.4, 0.5) is 8.78 Å². The average Bonchev–Trinajstić information content (AvgIpc) is 3.50. The molecular formula is C24H24ClF2N5O2. The number of fused-ring (bicyclic) bond motifs is 5. The van der Waals surface area contributed by atoms with Crippen LogP contribution >= 0.6 is 11.6 Å². The molecule has 0 radical (unpaired) electrons. The lowest BCUT2D eigenvalue weighted by Gasteiger charge is -2.33. The lowest BCUT2D eigenvalue weighted by atomic mass is 10.00. The van der Waals surface area contributed by atoms with Crippen LogP contribution in [0.25, 0.3) is 5.65 Å². The van der Waals surface area contributed by atoms with Gasteiger partial charge in [-0.2, -0.15) is 5.10 Å². The van der Waals surface area contributed by atoms with Crippen molar-refractivity contribution in [1.29, 1.82) is 0 Å². The van der Waals surface area contributed by atoms with Gasteiger partial charge in [-0.05, 0) is 38.8 Å². The summed E-state index contributed by atoms with van der Waals surface area (Å²) < 4.78 is 36.7. The molecule has 34 heavy (non-hydrogen) atoms. The normalized spacial score (nSPS) is 25.7. The molecule has 3 aromatic rings. The molecule has 1 N–H and O–H groups in total. The summed E-state index contributed by atoms with van der Waals surface area (Å²) in [6, 6.07) is 3.74. The van der Waals surface area contributed by atoms with Gasteiger partial charge >= 0.3 is 0 Å². The van der Waals surface area contributed by atoms with Gasteiger partial charge in [-0.15, -0.1) is 0 Å². The highest BCUT2D eigenvalue weighted by molar-refractivity contribution is 6.31. The third kappa shape index (κ3) is 3.36. The van der Waals surface area contributed by atoms with Gasteiger partial charge in [0.1, 0.15) is 17.7 Å². The fourth-order valence-electron chi connectivity index (χ4n) is 5.43. The van der Waals surface area contributed by atoms with E-state index in [4.69, 9.17) is 16.3 Å². The van der Waals surface area contributed by atoms with E-state index in [0.717, 1.165) is 29.8 Å². The van der Waals surface area contributed by atoms with E-state index in [1.54, 1.807) is 9.42 Å². The Morgan fingerprint density at radius 3 is 2.91 bits per heavy atom. The van der Waals surface area contributed by atoms with Gasteiger partial charge in [0.2, 0.25) is 0 Å². The number of alkyl halides is 1. The number of carbonyl (C=O) groups excluding carboxylic acids is 1. The van der Waals surface area contributed by atoms with E-state index >= 15 is 0 Å². The van der Waals surface area contributed by atoms with Crippen LogP contribution < -0.4 is 10.1 Å². The Balaban J connectivity index is 1.28. The van der Waals surface area contributed by atoms with Crippen molar-refractivity contribution in [3.05, 3.63) is 57.2 Å². The number of carbonyl (C=O) groups is 1. The van der Waals surface area contributed by atoms with E-state index in [1.165, 1.54) is 18.2 Å². The maximum atomic E-state index is 14.9. The minimum absolute atomic E-state index is 0.0781. The largest absolute Gasteiger partial charge is 0.486 e. The first-order chi connectivity index (χ1) is 16.3. The summed E-state index contributed by atoms with van der Waals surface area (Å²) in [7, 11) is 0. The fraction of sp³-hybridized carbons (Fsp3) is 0.458. The van der Waals surface area contributed by atoms with Crippen molar-refractivity contribution < 1.29 is 18.3 Å². The summed E-state index contributed by atoms with van der Waals surface area (Å²) >= 11 is 6.32. The quantitative estimate of drug-likeness (QED) is 0.606. The number of nitrogens with one attached hydrogen (secondary N) is 1. The Morgan fingerprint density at radius 2 is 2.09 bits per heavy atom. The zero-order chi connectivity index (χ0) is 23.7. The summed E-state index contributed by atoms with van der Waals surface area (Å²) in [5.74, 6) is -0.775. The van der Waals surface area contributed by atoms with Gasteiger partial charge in [0.05, 0.1) is 40.8 Å². The molecule has 0 spiro atoms. The Kier molecular flexibility index (Phi) is 5.04. The van der Waals surface area contributed by atoms with Gasteiger partial charge in [-0.1, -0.05) is 11.6 Å².